The Morgan fingerprint density at radius 1 is 1.14 bits per heavy atom. The van der Waals surface area contributed by atoms with E-state index in [1.54, 1.807) is 4.90 Å². The Morgan fingerprint density at radius 2 is 1.86 bits per heavy atom. The van der Waals surface area contributed by atoms with Crippen LogP contribution in [0.1, 0.15) is 24.0 Å². The molecule has 0 unspecified atom stereocenters. The number of benzene rings is 2. The molecule has 0 N–H and O–H groups in total. The quantitative estimate of drug-likeness (QED) is 0.723. The van der Waals surface area contributed by atoms with Crippen LogP contribution in [0.25, 0.3) is 0 Å². The van der Waals surface area contributed by atoms with Crippen molar-refractivity contribution in [1.29, 1.82) is 0 Å². The van der Waals surface area contributed by atoms with Crippen molar-refractivity contribution >= 4 is 33.4 Å². The lowest BCUT2D eigenvalue weighted by atomic mass is 10.0. The highest BCUT2D eigenvalue weighted by Gasteiger charge is 2.37. The van der Waals surface area contributed by atoms with E-state index in [0.717, 1.165) is 28.9 Å². The number of anilines is 1. The second-order valence-corrected chi connectivity index (χ2v) is 9.61. The summed E-state index contributed by atoms with van der Waals surface area (Å²) in [6.07, 6.45) is 0.414. The minimum Gasteiger partial charge on any atom is -0.444 e. The lowest BCUT2D eigenvalue weighted by Gasteiger charge is -2.39. The first-order chi connectivity index (χ1) is 13.8. The molecule has 2 aliphatic rings. The minimum absolute atomic E-state index is 0.155. The van der Waals surface area contributed by atoms with Crippen molar-refractivity contribution in [3.8, 4) is 0 Å². The number of hydrogen-bond acceptors (Lipinski definition) is 4. The van der Waals surface area contributed by atoms with E-state index in [4.69, 9.17) is 16.3 Å². The van der Waals surface area contributed by atoms with Crippen LogP contribution in [-0.2, 0) is 21.4 Å². The summed E-state index contributed by atoms with van der Waals surface area (Å²) in [5.41, 5.74) is 2.81. The van der Waals surface area contributed by atoms with E-state index in [1.165, 1.54) is 10.4 Å². The fourth-order valence-electron chi connectivity index (χ4n) is 3.87. The summed E-state index contributed by atoms with van der Waals surface area (Å²) in [6.45, 7) is 2.54. The number of fused-ring (bicyclic) bond motifs is 1. The van der Waals surface area contributed by atoms with Gasteiger partial charge >= 0.3 is 6.09 Å². The predicted molar refractivity (Wildman–Crippen MR) is 107 cm³/mol. The summed E-state index contributed by atoms with van der Waals surface area (Å²) < 4.78 is 46.4. The molecule has 0 bridgehead atoms. The first kappa shape index (κ1) is 20.1. The van der Waals surface area contributed by atoms with Gasteiger partial charge in [0.05, 0.1) is 5.69 Å². The number of ether oxygens (including phenoxy) is 1. The zero-order chi connectivity index (χ0) is 20.8. The predicted octanol–water partition coefficient (Wildman–Crippen LogP) is 4.10. The molecule has 0 radical (unpaired) electrons. The zero-order valence-corrected chi connectivity index (χ0v) is 17.3. The van der Waals surface area contributed by atoms with Crippen molar-refractivity contribution in [1.82, 2.24) is 4.31 Å². The highest BCUT2D eigenvalue weighted by atomic mass is 35.5. The van der Waals surface area contributed by atoms with Crippen molar-refractivity contribution < 1.29 is 22.3 Å². The van der Waals surface area contributed by atoms with Gasteiger partial charge in [0.2, 0.25) is 10.0 Å². The van der Waals surface area contributed by atoms with Gasteiger partial charge in [-0.3, -0.25) is 4.90 Å². The SMILES string of the molecule is Cc1ccc2c(c1)COC(=O)N2C1CCN(S(=O)(=O)c2cc(Cl)ccc2F)CC1. The van der Waals surface area contributed by atoms with Gasteiger partial charge in [-0.25, -0.2) is 17.6 Å². The van der Waals surface area contributed by atoms with Crippen LogP contribution in [0.4, 0.5) is 14.9 Å². The van der Waals surface area contributed by atoms with Crippen LogP contribution in [0.3, 0.4) is 0 Å². The molecule has 29 heavy (non-hydrogen) atoms. The van der Waals surface area contributed by atoms with Crippen molar-refractivity contribution in [3.05, 3.63) is 58.4 Å². The summed E-state index contributed by atoms with van der Waals surface area (Å²) in [6, 6.07) is 9.10. The molecule has 9 heteroatoms. The topological polar surface area (TPSA) is 66.9 Å². The molecule has 2 aromatic carbocycles. The number of halogens is 2. The van der Waals surface area contributed by atoms with Crippen LogP contribution in [-0.4, -0.2) is 37.9 Å². The maximum atomic E-state index is 14.1. The van der Waals surface area contributed by atoms with Gasteiger partial charge in [0.25, 0.3) is 0 Å². The van der Waals surface area contributed by atoms with Crippen molar-refractivity contribution in [3.63, 3.8) is 0 Å². The van der Waals surface area contributed by atoms with Gasteiger partial charge in [0.1, 0.15) is 17.3 Å². The Kier molecular flexibility index (Phi) is 5.27. The Morgan fingerprint density at radius 3 is 2.59 bits per heavy atom. The second-order valence-electron chi connectivity index (χ2n) is 7.27. The maximum Gasteiger partial charge on any atom is 0.414 e. The molecule has 2 heterocycles. The van der Waals surface area contributed by atoms with E-state index in [2.05, 4.69) is 0 Å². The summed E-state index contributed by atoms with van der Waals surface area (Å²) in [4.78, 5) is 13.6. The Balaban J connectivity index is 1.54. The van der Waals surface area contributed by atoms with Crippen LogP contribution in [0, 0.1) is 12.7 Å². The molecular formula is C20H20ClFN2O4S. The average Bonchev–Trinajstić information content (AvgIpc) is 2.70. The third kappa shape index (κ3) is 3.72. The number of aryl methyl sites for hydroxylation is 1. The monoisotopic (exact) mass is 438 g/mol. The lowest BCUT2D eigenvalue weighted by Crippen LogP contribution is -2.50. The van der Waals surface area contributed by atoms with E-state index >= 15 is 0 Å². The normalized spacial score (nSPS) is 18.4. The van der Waals surface area contributed by atoms with E-state index in [1.807, 2.05) is 25.1 Å². The number of nitrogens with zero attached hydrogens (tertiary/aromatic N) is 2. The highest BCUT2D eigenvalue weighted by molar-refractivity contribution is 7.89. The molecule has 154 valence electrons. The maximum absolute atomic E-state index is 14.1. The number of carbonyl (C=O) groups is 1. The summed E-state index contributed by atoms with van der Waals surface area (Å²) in [7, 11) is -4.01. The molecule has 0 atom stereocenters. The van der Waals surface area contributed by atoms with Crippen molar-refractivity contribution in [2.45, 2.75) is 37.3 Å². The van der Waals surface area contributed by atoms with Gasteiger partial charge in [0.15, 0.2) is 0 Å². The third-order valence-electron chi connectivity index (χ3n) is 5.34. The smallest absolute Gasteiger partial charge is 0.414 e. The average molecular weight is 439 g/mol. The van der Waals surface area contributed by atoms with Gasteiger partial charge in [-0.05, 0) is 44.0 Å². The van der Waals surface area contributed by atoms with Gasteiger partial charge < -0.3 is 4.74 Å². The van der Waals surface area contributed by atoms with Gasteiger partial charge in [-0.2, -0.15) is 4.31 Å². The fourth-order valence-corrected chi connectivity index (χ4v) is 5.67. The van der Waals surface area contributed by atoms with Crippen LogP contribution < -0.4 is 4.90 Å². The van der Waals surface area contributed by atoms with Crippen molar-refractivity contribution in [2.24, 2.45) is 0 Å². The van der Waals surface area contributed by atoms with E-state index < -0.39 is 26.8 Å². The van der Waals surface area contributed by atoms with Gasteiger partial charge in [-0.15, -0.1) is 0 Å². The lowest BCUT2D eigenvalue weighted by molar-refractivity contribution is 0.135. The molecule has 0 aromatic heterocycles. The molecule has 2 aromatic rings. The van der Waals surface area contributed by atoms with Crippen LogP contribution in [0.15, 0.2) is 41.3 Å². The second kappa shape index (κ2) is 7.59. The summed E-state index contributed by atoms with van der Waals surface area (Å²) in [5, 5.41) is 0.155. The van der Waals surface area contributed by atoms with Crippen LogP contribution in [0.2, 0.25) is 5.02 Å². The van der Waals surface area contributed by atoms with E-state index in [0.29, 0.717) is 12.8 Å². The standard InChI is InChI=1S/C20H20ClFN2O4S/c1-13-2-5-18-14(10-13)12-28-20(25)24(18)16-6-8-23(9-7-16)29(26,27)19-11-15(21)3-4-17(19)22/h2-5,10-11,16H,6-9,12H2,1H3. The number of sulfonamides is 1. The Bertz CT molecular complexity index is 1070. The number of hydrogen-bond donors (Lipinski definition) is 0. The molecule has 6 nitrogen and oxygen atoms in total. The number of cyclic esters (lactones) is 1. The Hall–Kier alpha value is -2.16. The van der Waals surface area contributed by atoms with E-state index in [-0.39, 0.29) is 30.8 Å². The molecule has 1 saturated heterocycles. The first-order valence-electron chi connectivity index (χ1n) is 9.28. The zero-order valence-electron chi connectivity index (χ0n) is 15.8. The molecular weight excluding hydrogens is 419 g/mol. The molecule has 0 aliphatic carbocycles. The number of carbonyl (C=O) groups excluding carboxylic acids is 1. The third-order valence-corrected chi connectivity index (χ3v) is 7.49. The van der Waals surface area contributed by atoms with E-state index in [9.17, 15) is 17.6 Å². The van der Waals surface area contributed by atoms with Gasteiger partial charge in [0, 0.05) is 29.7 Å². The number of rotatable bonds is 3. The number of piperidine rings is 1. The number of amides is 1. The molecule has 1 fully saturated rings. The summed E-state index contributed by atoms with van der Waals surface area (Å²) in [5.74, 6) is -0.833. The molecule has 2 aliphatic heterocycles. The highest BCUT2D eigenvalue weighted by Crippen LogP contribution is 2.34. The largest absolute Gasteiger partial charge is 0.444 e. The molecule has 4 rings (SSSR count). The van der Waals surface area contributed by atoms with Crippen molar-refractivity contribution in [2.75, 3.05) is 18.0 Å². The van der Waals surface area contributed by atoms with Crippen LogP contribution >= 0.6 is 11.6 Å². The van der Waals surface area contributed by atoms with Gasteiger partial charge in [-0.1, -0.05) is 29.3 Å². The fraction of sp³-hybridized carbons (Fsp3) is 0.350. The minimum atomic E-state index is -4.01. The molecule has 0 spiro atoms. The molecule has 0 saturated carbocycles. The Labute approximate surface area is 173 Å². The molecule has 1 amide bonds. The van der Waals surface area contributed by atoms with Crippen LogP contribution in [0.5, 0.6) is 0 Å². The first-order valence-corrected chi connectivity index (χ1v) is 11.1. The summed E-state index contributed by atoms with van der Waals surface area (Å²) >= 11 is 5.85.